The van der Waals surface area contributed by atoms with E-state index < -0.39 is 66.3 Å². The number of amides is 4. The maximum atomic E-state index is 12.4. The zero-order chi connectivity index (χ0) is 25.0. The van der Waals surface area contributed by atoms with Crippen LogP contribution in [0.2, 0.25) is 0 Å². The van der Waals surface area contributed by atoms with Gasteiger partial charge in [0.25, 0.3) is 0 Å². The molecular formula is C17H32N8O7. The van der Waals surface area contributed by atoms with Gasteiger partial charge < -0.3 is 49.1 Å². The first-order valence-electron chi connectivity index (χ1n) is 9.67. The summed E-state index contributed by atoms with van der Waals surface area (Å²) in [4.78, 5) is 63.1. The number of nitrogens with two attached hydrogens (primary N) is 4. The van der Waals surface area contributed by atoms with Crippen molar-refractivity contribution < 1.29 is 34.2 Å². The highest BCUT2D eigenvalue weighted by Crippen LogP contribution is 2.01. The van der Waals surface area contributed by atoms with E-state index in [1.807, 2.05) is 0 Å². The van der Waals surface area contributed by atoms with Crippen molar-refractivity contribution in [2.45, 2.75) is 63.4 Å². The number of nitrogens with one attached hydrogen (secondary N) is 3. The molecule has 32 heavy (non-hydrogen) atoms. The summed E-state index contributed by atoms with van der Waals surface area (Å²) in [5.41, 5.74) is 20.9. The molecule has 0 bridgehead atoms. The van der Waals surface area contributed by atoms with Crippen molar-refractivity contribution in [2.24, 2.45) is 27.9 Å². The largest absolute Gasteiger partial charge is 0.480 e. The minimum atomic E-state index is -1.46. The van der Waals surface area contributed by atoms with Crippen LogP contribution >= 0.6 is 0 Å². The summed E-state index contributed by atoms with van der Waals surface area (Å²) in [5, 5.41) is 25.3. The molecular weight excluding hydrogens is 428 g/mol. The Morgan fingerprint density at radius 1 is 0.906 bits per heavy atom. The molecule has 4 amide bonds. The molecule has 0 aromatic heterocycles. The van der Waals surface area contributed by atoms with Crippen LogP contribution < -0.4 is 38.9 Å². The Labute approximate surface area is 184 Å². The van der Waals surface area contributed by atoms with Gasteiger partial charge >= 0.3 is 5.97 Å². The Balaban J connectivity index is 5.03. The van der Waals surface area contributed by atoms with Crippen molar-refractivity contribution in [1.29, 1.82) is 0 Å². The van der Waals surface area contributed by atoms with E-state index in [1.54, 1.807) is 0 Å². The van der Waals surface area contributed by atoms with Crippen molar-refractivity contribution in [1.82, 2.24) is 16.0 Å². The summed E-state index contributed by atoms with van der Waals surface area (Å²) in [6, 6.07) is -5.31. The molecule has 0 aromatic carbocycles. The standard InChI is InChI=1S/C17H32N8O7/c1-7(13(28)24-9(16(31)32)4-3-5-22-17(20)21)23-14(29)10(6-11(18)27)25-15(30)12(19)8(2)26/h7-10,12,26H,3-6,19H2,1-2H3,(H2,18,27)(H,23,29)(H,24,28)(H,25,30)(H,31,32)(H4,20,21,22). The van der Waals surface area contributed by atoms with E-state index in [2.05, 4.69) is 20.9 Å². The smallest absolute Gasteiger partial charge is 0.326 e. The number of nitrogens with zero attached hydrogens (tertiary/aromatic N) is 1. The molecule has 0 aliphatic heterocycles. The molecule has 0 spiro atoms. The lowest BCUT2D eigenvalue weighted by atomic mass is 10.1. The van der Waals surface area contributed by atoms with Gasteiger partial charge in [-0.3, -0.25) is 24.2 Å². The van der Waals surface area contributed by atoms with Crippen molar-refractivity contribution in [3.63, 3.8) is 0 Å². The van der Waals surface area contributed by atoms with Gasteiger partial charge in [-0.1, -0.05) is 0 Å². The van der Waals surface area contributed by atoms with Gasteiger partial charge in [0.2, 0.25) is 23.6 Å². The summed E-state index contributed by atoms with van der Waals surface area (Å²) in [7, 11) is 0. The molecule has 15 heteroatoms. The fourth-order valence-corrected chi connectivity index (χ4v) is 2.33. The molecule has 0 aliphatic rings. The number of primary amides is 1. The third-order valence-corrected chi connectivity index (χ3v) is 4.17. The second kappa shape index (κ2) is 13.8. The van der Waals surface area contributed by atoms with Crippen LogP contribution in [0.4, 0.5) is 0 Å². The van der Waals surface area contributed by atoms with Crippen LogP contribution in [-0.4, -0.2) is 82.6 Å². The van der Waals surface area contributed by atoms with Crippen LogP contribution in [0, 0.1) is 0 Å². The summed E-state index contributed by atoms with van der Waals surface area (Å²) in [6.45, 7) is 2.70. The molecule has 0 aliphatic carbocycles. The average Bonchev–Trinajstić information content (AvgIpc) is 2.67. The van der Waals surface area contributed by atoms with E-state index in [0.717, 1.165) is 0 Å². The van der Waals surface area contributed by atoms with Crippen LogP contribution in [0.25, 0.3) is 0 Å². The maximum Gasteiger partial charge on any atom is 0.326 e. The number of carboxylic acid groups (broad SMARTS) is 1. The molecule has 0 heterocycles. The Kier molecular flexibility index (Phi) is 12.3. The summed E-state index contributed by atoms with van der Waals surface area (Å²) in [5.74, 6) is -5.03. The number of aliphatic hydroxyl groups is 1. The molecule has 0 fully saturated rings. The number of hydrogen-bond donors (Lipinski definition) is 9. The lowest BCUT2D eigenvalue weighted by Gasteiger charge is -2.23. The highest BCUT2D eigenvalue weighted by molar-refractivity contribution is 5.96. The third kappa shape index (κ3) is 11.1. The number of carbonyl (C=O) groups is 5. The predicted molar refractivity (Wildman–Crippen MR) is 112 cm³/mol. The van der Waals surface area contributed by atoms with Gasteiger partial charge in [-0.2, -0.15) is 0 Å². The molecule has 5 atom stereocenters. The minimum Gasteiger partial charge on any atom is -0.480 e. The van der Waals surface area contributed by atoms with E-state index in [1.165, 1.54) is 13.8 Å². The first-order valence-corrected chi connectivity index (χ1v) is 9.67. The Bertz CT molecular complexity index is 724. The SMILES string of the molecule is CC(NC(=O)C(CC(N)=O)NC(=O)C(N)C(C)O)C(=O)NC(CCCN=C(N)N)C(=O)O. The molecule has 182 valence electrons. The summed E-state index contributed by atoms with van der Waals surface area (Å²) in [6.07, 6.45) is -1.53. The number of hydrogen-bond acceptors (Lipinski definition) is 8. The monoisotopic (exact) mass is 460 g/mol. The van der Waals surface area contributed by atoms with Crippen LogP contribution in [0.5, 0.6) is 0 Å². The van der Waals surface area contributed by atoms with Gasteiger partial charge in [-0.05, 0) is 26.7 Å². The first kappa shape index (κ1) is 28.5. The minimum absolute atomic E-state index is 0.0239. The molecule has 15 nitrogen and oxygen atoms in total. The zero-order valence-electron chi connectivity index (χ0n) is 17.9. The third-order valence-electron chi connectivity index (χ3n) is 4.17. The number of rotatable bonds is 14. The van der Waals surface area contributed by atoms with Crippen molar-refractivity contribution in [2.75, 3.05) is 6.54 Å². The van der Waals surface area contributed by atoms with Gasteiger partial charge in [0.1, 0.15) is 24.2 Å². The Morgan fingerprint density at radius 2 is 1.47 bits per heavy atom. The maximum absolute atomic E-state index is 12.4. The van der Waals surface area contributed by atoms with Crippen molar-refractivity contribution in [3.05, 3.63) is 0 Å². The molecule has 13 N–H and O–H groups in total. The fourth-order valence-electron chi connectivity index (χ4n) is 2.33. The molecule has 5 unspecified atom stereocenters. The topological polar surface area (TPSA) is 278 Å². The van der Waals surface area contributed by atoms with Gasteiger partial charge in [0.05, 0.1) is 12.5 Å². The Hall–Kier alpha value is -3.46. The normalized spacial score (nSPS) is 15.2. The van der Waals surface area contributed by atoms with Gasteiger partial charge in [0.15, 0.2) is 5.96 Å². The summed E-state index contributed by atoms with van der Waals surface area (Å²) >= 11 is 0. The highest BCUT2D eigenvalue weighted by atomic mass is 16.4. The van der Waals surface area contributed by atoms with Crippen LogP contribution in [0.15, 0.2) is 4.99 Å². The van der Waals surface area contributed by atoms with Gasteiger partial charge in [-0.15, -0.1) is 0 Å². The fraction of sp³-hybridized carbons (Fsp3) is 0.647. The van der Waals surface area contributed by atoms with E-state index in [4.69, 9.17) is 22.9 Å². The second-order valence-corrected chi connectivity index (χ2v) is 7.08. The van der Waals surface area contributed by atoms with E-state index in [0.29, 0.717) is 0 Å². The first-order chi connectivity index (χ1) is 14.8. The van der Waals surface area contributed by atoms with Crippen LogP contribution in [-0.2, 0) is 24.0 Å². The van der Waals surface area contributed by atoms with Gasteiger partial charge in [-0.25, -0.2) is 4.79 Å². The van der Waals surface area contributed by atoms with Crippen molar-refractivity contribution >= 4 is 35.6 Å². The number of aliphatic imine (C=N–C) groups is 1. The number of carbonyl (C=O) groups excluding carboxylic acids is 4. The van der Waals surface area contributed by atoms with Gasteiger partial charge in [0, 0.05) is 6.54 Å². The van der Waals surface area contributed by atoms with Crippen LogP contribution in [0.1, 0.15) is 33.1 Å². The number of aliphatic carboxylic acids is 1. The predicted octanol–water partition coefficient (Wildman–Crippen LogP) is -4.82. The number of carboxylic acids is 1. The van der Waals surface area contributed by atoms with Crippen LogP contribution in [0.3, 0.4) is 0 Å². The molecule has 0 saturated carbocycles. The average molecular weight is 460 g/mol. The molecule has 0 aromatic rings. The van der Waals surface area contributed by atoms with E-state index in [9.17, 15) is 34.2 Å². The molecule has 0 rings (SSSR count). The quantitative estimate of drug-likeness (QED) is 0.0677. The summed E-state index contributed by atoms with van der Waals surface area (Å²) < 4.78 is 0. The molecule has 0 saturated heterocycles. The van der Waals surface area contributed by atoms with E-state index in [-0.39, 0.29) is 25.3 Å². The zero-order valence-corrected chi connectivity index (χ0v) is 17.9. The second-order valence-electron chi connectivity index (χ2n) is 7.08. The van der Waals surface area contributed by atoms with Crippen molar-refractivity contribution in [3.8, 4) is 0 Å². The highest BCUT2D eigenvalue weighted by Gasteiger charge is 2.30. The lowest BCUT2D eigenvalue weighted by Crippen LogP contribution is -2.58. The van der Waals surface area contributed by atoms with E-state index >= 15 is 0 Å². The lowest BCUT2D eigenvalue weighted by molar-refractivity contribution is -0.142. The molecule has 0 radical (unpaired) electrons. The number of guanidine groups is 1. The Morgan fingerprint density at radius 3 is 1.94 bits per heavy atom. The number of aliphatic hydroxyl groups excluding tert-OH is 1.